The highest BCUT2D eigenvalue weighted by atomic mass is 32.2. The largest absolute Gasteiger partial charge is 0.401 e. The second-order valence-corrected chi connectivity index (χ2v) is 19.6. The van der Waals surface area contributed by atoms with Crippen LogP contribution in [0.4, 0.5) is 5.69 Å². The van der Waals surface area contributed by atoms with E-state index in [1.165, 1.54) is 59.9 Å². The monoisotopic (exact) mass is 859 g/mol. The van der Waals surface area contributed by atoms with E-state index in [0.717, 1.165) is 90.0 Å². The van der Waals surface area contributed by atoms with Crippen molar-refractivity contribution in [1.29, 1.82) is 0 Å². The van der Waals surface area contributed by atoms with Gasteiger partial charge in [0.15, 0.2) is 0 Å². The molecule has 6 rings (SSSR count). The van der Waals surface area contributed by atoms with E-state index in [9.17, 15) is 0 Å². The number of aliphatic imine (C=N–C) groups is 1. The predicted molar refractivity (Wildman–Crippen MR) is 277 cm³/mol. The molecule has 0 radical (unpaired) electrons. The van der Waals surface area contributed by atoms with Crippen LogP contribution >= 0.6 is 9.39 Å². The molecule has 0 bridgehead atoms. The van der Waals surface area contributed by atoms with Crippen molar-refractivity contribution in [3.63, 3.8) is 0 Å². The fourth-order valence-electron chi connectivity index (χ4n) is 8.02. The lowest BCUT2D eigenvalue weighted by atomic mass is 10.0. The number of anilines is 1. The Bertz CT molecular complexity index is 2230. The SMILES string of the molecule is C/C=C(\NC(C)=NC(C)C)c1cc(C)c2ccc(CC)cc2n1.C=C(CCC(=C)N1CCCC1C(=C)N)NC.C=C1NS(=C)(=C)c2ccccc2NCCCCC/C=C\C2CC12. The average molecular weight is 859 g/mol. The number of amidine groups is 1. The molecule has 2 aromatic carbocycles. The predicted octanol–water partition coefficient (Wildman–Crippen LogP) is 11.7. The lowest BCUT2D eigenvalue weighted by Crippen LogP contribution is -2.32. The Morgan fingerprint density at radius 2 is 1.82 bits per heavy atom. The molecule has 62 heavy (non-hydrogen) atoms. The van der Waals surface area contributed by atoms with Crippen molar-refractivity contribution in [3.05, 3.63) is 133 Å². The number of hydrogen-bond acceptors (Lipinski definition) is 7. The van der Waals surface area contributed by atoms with Gasteiger partial charge in [0.25, 0.3) is 0 Å². The van der Waals surface area contributed by atoms with E-state index < -0.39 is 9.39 Å². The molecule has 1 aromatic heterocycles. The third-order valence-corrected chi connectivity index (χ3v) is 13.5. The summed E-state index contributed by atoms with van der Waals surface area (Å²) in [4.78, 5) is 12.9. The Morgan fingerprint density at radius 3 is 2.52 bits per heavy atom. The van der Waals surface area contributed by atoms with Crippen LogP contribution in [0.15, 0.2) is 126 Å². The van der Waals surface area contributed by atoms with Gasteiger partial charge in [0.05, 0.1) is 28.8 Å². The van der Waals surface area contributed by atoms with Crippen LogP contribution < -0.4 is 26.4 Å². The second-order valence-electron chi connectivity index (χ2n) is 17.2. The van der Waals surface area contributed by atoms with E-state index in [1.54, 1.807) is 0 Å². The number of nitrogens with two attached hydrogens (primary N) is 1. The lowest BCUT2D eigenvalue weighted by Gasteiger charge is -2.28. The molecule has 3 heterocycles. The minimum atomic E-state index is -1.59. The number of likely N-dealkylation sites (tertiary alicyclic amines) is 1. The molecule has 3 unspecified atom stereocenters. The smallest absolute Gasteiger partial charge is 0.0979 e. The molecule has 1 saturated carbocycles. The van der Waals surface area contributed by atoms with Crippen molar-refractivity contribution in [2.45, 2.75) is 123 Å². The molecule has 0 spiro atoms. The summed E-state index contributed by atoms with van der Waals surface area (Å²) in [7, 11) is 0.303. The molecule has 6 N–H and O–H groups in total. The van der Waals surface area contributed by atoms with Crippen molar-refractivity contribution in [2.75, 3.05) is 25.5 Å². The van der Waals surface area contributed by atoms with Crippen LogP contribution in [0.2, 0.25) is 0 Å². The second kappa shape index (κ2) is 23.9. The first kappa shape index (κ1) is 49.5. The van der Waals surface area contributed by atoms with Crippen LogP contribution in [-0.4, -0.2) is 59.7 Å². The first-order valence-electron chi connectivity index (χ1n) is 22.7. The summed E-state index contributed by atoms with van der Waals surface area (Å²) >= 11 is 0. The molecule has 3 atom stereocenters. The van der Waals surface area contributed by atoms with E-state index in [0.29, 0.717) is 11.8 Å². The maximum absolute atomic E-state index is 5.80. The molecule has 2 fully saturated rings. The summed E-state index contributed by atoms with van der Waals surface area (Å²) in [5.74, 6) is 10.9. The van der Waals surface area contributed by atoms with Gasteiger partial charge in [-0.1, -0.05) is 93.9 Å². The number of hydrogen-bond donors (Lipinski definition) is 5. The minimum Gasteiger partial charge on any atom is -0.401 e. The molecule has 3 aromatic rings. The summed E-state index contributed by atoms with van der Waals surface area (Å²) in [6.07, 6.45) is 18.1. The number of nitrogens with one attached hydrogen (secondary N) is 4. The van der Waals surface area contributed by atoms with Gasteiger partial charge in [-0.15, -0.1) is 9.39 Å². The maximum Gasteiger partial charge on any atom is 0.0979 e. The van der Waals surface area contributed by atoms with Crippen LogP contribution in [0.1, 0.15) is 109 Å². The number of allylic oxidation sites excluding steroid dienone is 6. The molecule has 1 aliphatic carbocycles. The molecule has 0 amide bonds. The molecule has 1 saturated heterocycles. The molecule has 8 nitrogen and oxygen atoms in total. The minimum absolute atomic E-state index is 0.277. The van der Waals surface area contributed by atoms with E-state index in [2.05, 4.69) is 163 Å². The zero-order chi connectivity index (χ0) is 45.4. The molecule has 9 heteroatoms. The quantitative estimate of drug-likeness (QED) is 0.0599. The number of para-hydroxylation sites is 1. The number of aromatic nitrogens is 1. The highest BCUT2D eigenvalue weighted by Crippen LogP contribution is 2.46. The van der Waals surface area contributed by atoms with Crippen molar-refractivity contribution >= 4 is 49.3 Å². The standard InChI is InChI=1S/C20H27N3.C20H28N2S.C13H23N3/c1-7-16-9-10-17-14(5)11-20(23-19(17)12-16)18(8-2)22-15(6)21-13(3)4;1-16-18-15-17(18)11-7-5-4-6-10-14-21-19-12-8-9-13-20(19)23(2,3)22-16;1-10(15-4)7-8-11(2)16-9-5-6-13(16)12(3)14/h8-13H,7H2,1-6H3,(H,21,22);7-9,11-13,17-18,21-22H,1-6,10,14-15H2;13,15H,1-3,5-9,14H2,4H3/b18-8-;11-7-;. The normalized spacial score (nSPS) is 20.5. The molecule has 3 aliphatic rings. The van der Waals surface area contributed by atoms with Gasteiger partial charge in [0, 0.05) is 70.9 Å². The van der Waals surface area contributed by atoms with Gasteiger partial charge in [0.1, 0.15) is 0 Å². The molecule has 336 valence electrons. The summed E-state index contributed by atoms with van der Waals surface area (Å²) in [5.41, 5.74) is 16.6. The summed E-state index contributed by atoms with van der Waals surface area (Å²) in [5, 5.41) is 11.2. The first-order chi connectivity index (χ1) is 29.6. The van der Waals surface area contributed by atoms with Gasteiger partial charge in [-0.3, -0.25) is 4.99 Å². The Kier molecular flexibility index (Phi) is 19.1. The van der Waals surface area contributed by atoms with Crippen molar-refractivity contribution in [1.82, 2.24) is 25.2 Å². The Hall–Kier alpha value is -5.15. The number of pyridine rings is 1. The number of benzene rings is 2. The zero-order valence-corrected chi connectivity index (χ0v) is 40.0. The van der Waals surface area contributed by atoms with E-state index >= 15 is 0 Å². The molecular formula is C53H78N8S. The van der Waals surface area contributed by atoms with Crippen LogP contribution in [0.5, 0.6) is 0 Å². The Balaban J connectivity index is 0.000000209. The molecule has 2 aliphatic heterocycles. The lowest BCUT2D eigenvalue weighted by molar-refractivity contribution is 0.341. The van der Waals surface area contributed by atoms with E-state index in [-0.39, 0.29) is 12.1 Å². The number of rotatable bonds is 10. The fourth-order valence-corrected chi connectivity index (χ4v) is 9.68. The first-order valence-corrected chi connectivity index (χ1v) is 24.6. The number of fused-ring (bicyclic) bond motifs is 3. The number of nitrogens with zero attached hydrogens (tertiary/aromatic N) is 3. The highest BCUT2D eigenvalue weighted by Gasteiger charge is 2.37. The van der Waals surface area contributed by atoms with Crippen molar-refractivity contribution < 1.29 is 0 Å². The Labute approximate surface area is 376 Å². The summed E-state index contributed by atoms with van der Waals surface area (Å²) in [6.45, 7) is 30.7. The van der Waals surface area contributed by atoms with Gasteiger partial charge < -0.3 is 31.3 Å². The zero-order valence-electron chi connectivity index (χ0n) is 39.2. The van der Waals surface area contributed by atoms with E-state index in [1.807, 2.05) is 20.9 Å². The highest BCUT2D eigenvalue weighted by molar-refractivity contribution is 8.26. The van der Waals surface area contributed by atoms with Crippen LogP contribution in [0.25, 0.3) is 16.6 Å². The van der Waals surface area contributed by atoms with Gasteiger partial charge in [-0.2, -0.15) is 0 Å². The van der Waals surface area contributed by atoms with Crippen LogP contribution in [-0.2, 0) is 6.42 Å². The van der Waals surface area contributed by atoms with Crippen molar-refractivity contribution in [2.24, 2.45) is 22.6 Å². The van der Waals surface area contributed by atoms with Gasteiger partial charge in [-0.25, -0.2) is 4.98 Å². The third kappa shape index (κ3) is 14.7. The van der Waals surface area contributed by atoms with Gasteiger partial charge in [0.2, 0.25) is 0 Å². The molecular weight excluding hydrogens is 781 g/mol. The van der Waals surface area contributed by atoms with Gasteiger partial charge in [-0.05, 0) is 134 Å². The van der Waals surface area contributed by atoms with Crippen LogP contribution in [0, 0.1) is 18.8 Å². The Morgan fingerprint density at radius 1 is 1.06 bits per heavy atom. The fraction of sp³-hybridized carbons (Fsp3) is 0.434. The van der Waals surface area contributed by atoms with Crippen molar-refractivity contribution in [3.8, 4) is 0 Å². The average Bonchev–Trinajstić information content (AvgIpc) is 3.85. The van der Waals surface area contributed by atoms with E-state index in [4.69, 9.17) is 10.7 Å². The van der Waals surface area contributed by atoms with Crippen LogP contribution in [0.3, 0.4) is 0 Å². The number of aryl methyl sites for hydroxylation is 2. The third-order valence-electron chi connectivity index (χ3n) is 11.6. The maximum atomic E-state index is 5.80. The summed E-state index contributed by atoms with van der Waals surface area (Å²) in [6, 6.07) is 17.7. The summed E-state index contributed by atoms with van der Waals surface area (Å²) < 4.78 is 3.57. The topological polar surface area (TPSA) is 103 Å². The van der Waals surface area contributed by atoms with Gasteiger partial charge >= 0.3 is 0 Å².